The molecule has 3 rings (SSSR count). The average Bonchev–Trinajstić information content (AvgIpc) is 2.94. The van der Waals surface area contributed by atoms with E-state index in [9.17, 15) is 0 Å². The Morgan fingerprint density at radius 3 is 2.82 bits per heavy atom. The molecule has 0 bridgehead atoms. The van der Waals surface area contributed by atoms with Crippen LogP contribution in [0, 0.1) is 0 Å². The summed E-state index contributed by atoms with van der Waals surface area (Å²) in [5, 5.41) is 3.56. The van der Waals surface area contributed by atoms with E-state index in [1.807, 2.05) is 18.5 Å². The van der Waals surface area contributed by atoms with E-state index >= 15 is 0 Å². The lowest BCUT2D eigenvalue weighted by Gasteiger charge is -2.15. The van der Waals surface area contributed by atoms with Crippen molar-refractivity contribution in [2.45, 2.75) is 18.9 Å². The third kappa shape index (κ3) is 2.08. The van der Waals surface area contributed by atoms with Crippen molar-refractivity contribution in [3.05, 3.63) is 54.4 Å². The highest BCUT2D eigenvalue weighted by atomic mass is 14.9. The Bertz CT molecular complexity index is 487. The summed E-state index contributed by atoms with van der Waals surface area (Å²) in [5.74, 6) is 0. The lowest BCUT2D eigenvalue weighted by molar-refractivity contribution is 0.649. The number of hydrogen-bond donors (Lipinski definition) is 1. The zero-order valence-electron chi connectivity index (χ0n) is 9.76. The number of benzene rings is 1. The highest BCUT2D eigenvalue weighted by Crippen LogP contribution is 2.31. The minimum absolute atomic E-state index is 0.506. The zero-order chi connectivity index (χ0) is 11.5. The van der Waals surface area contributed by atoms with Crippen LogP contribution in [-0.2, 0) is 0 Å². The molecule has 1 N–H and O–H groups in total. The van der Waals surface area contributed by atoms with Crippen LogP contribution in [0.3, 0.4) is 0 Å². The molecule has 0 aliphatic carbocycles. The molecule has 17 heavy (non-hydrogen) atoms. The summed E-state index contributed by atoms with van der Waals surface area (Å²) >= 11 is 0. The van der Waals surface area contributed by atoms with Gasteiger partial charge in [0.05, 0.1) is 0 Å². The summed E-state index contributed by atoms with van der Waals surface area (Å²) in [7, 11) is 0. The number of nitrogens with one attached hydrogen (secondary N) is 1. The first-order chi connectivity index (χ1) is 8.45. The predicted molar refractivity (Wildman–Crippen MR) is 69.7 cm³/mol. The molecule has 0 amide bonds. The largest absolute Gasteiger partial charge is 0.310 e. The van der Waals surface area contributed by atoms with Gasteiger partial charge in [-0.3, -0.25) is 4.98 Å². The topological polar surface area (TPSA) is 24.9 Å². The molecule has 1 aliphatic rings. The van der Waals surface area contributed by atoms with Crippen molar-refractivity contribution >= 4 is 0 Å². The third-order valence-electron chi connectivity index (χ3n) is 3.37. The second kappa shape index (κ2) is 4.68. The molecule has 2 aromatic rings. The van der Waals surface area contributed by atoms with Crippen molar-refractivity contribution in [1.29, 1.82) is 0 Å². The van der Waals surface area contributed by atoms with Crippen LogP contribution in [0.5, 0.6) is 0 Å². The van der Waals surface area contributed by atoms with Gasteiger partial charge in [0.1, 0.15) is 0 Å². The average molecular weight is 224 g/mol. The van der Waals surface area contributed by atoms with Crippen molar-refractivity contribution in [2.75, 3.05) is 6.54 Å². The summed E-state index contributed by atoms with van der Waals surface area (Å²) < 4.78 is 0. The molecule has 0 spiro atoms. The molecule has 1 aromatic carbocycles. The van der Waals surface area contributed by atoms with Crippen molar-refractivity contribution in [2.24, 2.45) is 0 Å². The van der Waals surface area contributed by atoms with Crippen LogP contribution in [0.15, 0.2) is 48.8 Å². The van der Waals surface area contributed by atoms with Crippen LogP contribution in [0.25, 0.3) is 11.1 Å². The van der Waals surface area contributed by atoms with E-state index in [-0.39, 0.29) is 0 Å². The first-order valence-electron chi connectivity index (χ1n) is 6.18. The summed E-state index contributed by atoms with van der Waals surface area (Å²) in [4.78, 5) is 4.21. The molecular formula is C15H16N2. The van der Waals surface area contributed by atoms with Crippen LogP contribution in [-0.4, -0.2) is 11.5 Å². The standard InChI is InChI=1S/C15H16N2/c1-2-7-14(15-8-4-10-17-15)13(6-1)12-5-3-9-16-11-12/h1-3,5-7,9,11,15,17H,4,8,10H2/t15-/m0/s1. The molecule has 1 saturated heterocycles. The van der Waals surface area contributed by atoms with E-state index in [1.165, 1.54) is 29.5 Å². The minimum atomic E-state index is 0.506. The van der Waals surface area contributed by atoms with Gasteiger partial charge in [-0.25, -0.2) is 0 Å². The molecule has 0 radical (unpaired) electrons. The third-order valence-corrected chi connectivity index (χ3v) is 3.37. The van der Waals surface area contributed by atoms with Gasteiger partial charge in [-0.1, -0.05) is 30.3 Å². The quantitative estimate of drug-likeness (QED) is 0.847. The number of aromatic nitrogens is 1. The molecule has 2 heterocycles. The fourth-order valence-electron chi connectivity index (χ4n) is 2.54. The molecule has 1 fully saturated rings. The van der Waals surface area contributed by atoms with Crippen LogP contribution in [0.2, 0.25) is 0 Å². The fourth-order valence-corrected chi connectivity index (χ4v) is 2.54. The van der Waals surface area contributed by atoms with E-state index < -0.39 is 0 Å². The van der Waals surface area contributed by atoms with Crippen molar-refractivity contribution in [1.82, 2.24) is 10.3 Å². The second-order valence-corrected chi connectivity index (χ2v) is 4.48. The van der Waals surface area contributed by atoms with E-state index in [1.54, 1.807) is 0 Å². The predicted octanol–water partition coefficient (Wildman–Crippen LogP) is 3.17. The normalized spacial score (nSPS) is 19.4. The smallest absolute Gasteiger partial charge is 0.0346 e. The van der Waals surface area contributed by atoms with Gasteiger partial charge >= 0.3 is 0 Å². The van der Waals surface area contributed by atoms with Gasteiger partial charge in [0.25, 0.3) is 0 Å². The van der Waals surface area contributed by atoms with Gasteiger partial charge in [-0.2, -0.15) is 0 Å². The first-order valence-corrected chi connectivity index (χ1v) is 6.18. The highest BCUT2D eigenvalue weighted by Gasteiger charge is 2.19. The van der Waals surface area contributed by atoms with Gasteiger partial charge in [-0.15, -0.1) is 0 Å². The summed E-state index contributed by atoms with van der Waals surface area (Å²) in [6, 6.07) is 13.3. The first kappa shape index (κ1) is 10.5. The van der Waals surface area contributed by atoms with Crippen LogP contribution in [0.1, 0.15) is 24.4 Å². The maximum Gasteiger partial charge on any atom is 0.0346 e. The maximum atomic E-state index is 4.21. The minimum Gasteiger partial charge on any atom is -0.310 e. The fraction of sp³-hybridized carbons (Fsp3) is 0.267. The molecule has 0 unspecified atom stereocenters. The summed E-state index contributed by atoms with van der Waals surface area (Å²) in [6.45, 7) is 1.13. The van der Waals surface area contributed by atoms with Crippen molar-refractivity contribution in [3.63, 3.8) is 0 Å². The molecule has 0 saturated carbocycles. The number of pyridine rings is 1. The molecular weight excluding hydrogens is 208 g/mol. The molecule has 1 atom stereocenters. The van der Waals surface area contributed by atoms with Crippen molar-refractivity contribution in [3.8, 4) is 11.1 Å². The monoisotopic (exact) mass is 224 g/mol. The molecule has 2 nitrogen and oxygen atoms in total. The van der Waals surface area contributed by atoms with E-state index in [2.05, 4.69) is 40.6 Å². The number of hydrogen-bond acceptors (Lipinski definition) is 2. The Hall–Kier alpha value is -1.67. The van der Waals surface area contributed by atoms with Crippen molar-refractivity contribution < 1.29 is 0 Å². The van der Waals surface area contributed by atoms with Crippen LogP contribution < -0.4 is 5.32 Å². The SMILES string of the molecule is c1cncc(-c2ccccc2[C@@H]2CCCN2)c1. The Kier molecular flexibility index (Phi) is 2.88. The van der Waals surface area contributed by atoms with Crippen LogP contribution in [0.4, 0.5) is 0 Å². The Morgan fingerprint density at radius 2 is 2.06 bits per heavy atom. The van der Waals surface area contributed by atoms with Gasteiger partial charge in [-0.05, 0) is 36.6 Å². The zero-order valence-corrected chi connectivity index (χ0v) is 9.76. The van der Waals surface area contributed by atoms with Gasteiger partial charge in [0.2, 0.25) is 0 Å². The number of rotatable bonds is 2. The van der Waals surface area contributed by atoms with Gasteiger partial charge in [0, 0.05) is 24.0 Å². The summed E-state index contributed by atoms with van der Waals surface area (Å²) in [6.07, 6.45) is 6.26. The lowest BCUT2D eigenvalue weighted by atomic mass is 9.95. The van der Waals surface area contributed by atoms with E-state index in [0.717, 1.165) is 6.54 Å². The number of nitrogens with zero attached hydrogens (tertiary/aromatic N) is 1. The second-order valence-electron chi connectivity index (χ2n) is 4.48. The van der Waals surface area contributed by atoms with Crippen LogP contribution >= 0.6 is 0 Å². The van der Waals surface area contributed by atoms with Gasteiger partial charge in [0.15, 0.2) is 0 Å². The lowest BCUT2D eigenvalue weighted by Crippen LogP contribution is -2.13. The van der Waals surface area contributed by atoms with E-state index in [4.69, 9.17) is 0 Å². The Balaban J connectivity index is 2.04. The maximum absolute atomic E-state index is 4.21. The Morgan fingerprint density at radius 1 is 1.12 bits per heavy atom. The molecule has 1 aliphatic heterocycles. The van der Waals surface area contributed by atoms with E-state index in [0.29, 0.717) is 6.04 Å². The molecule has 86 valence electrons. The molecule has 2 heteroatoms. The molecule has 1 aromatic heterocycles. The highest BCUT2D eigenvalue weighted by molar-refractivity contribution is 5.67. The van der Waals surface area contributed by atoms with Gasteiger partial charge < -0.3 is 5.32 Å². The Labute approximate surface area is 102 Å². The summed E-state index contributed by atoms with van der Waals surface area (Å²) in [5.41, 5.74) is 3.91.